The van der Waals surface area contributed by atoms with E-state index in [0.717, 1.165) is 25.9 Å². The number of amides is 1. The second-order valence-corrected chi connectivity index (χ2v) is 6.51. The number of piperidine rings is 1. The number of halogens is 2. The van der Waals surface area contributed by atoms with Crippen LogP contribution in [0.4, 0.5) is 13.9 Å². The molecule has 2 heterocycles. The zero-order valence-electron chi connectivity index (χ0n) is 12.8. The maximum absolute atomic E-state index is 12.2. The van der Waals surface area contributed by atoms with Crippen LogP contribution in [0, 0.1) is 0 Å². The monoisotopic (exact) mass is 353 g/mol. The van der Waals surface area contributed by atoms with Gasteiger partial charge in [0.05, 0.1) is 0 Å². The Morgan fingerprint density at radius 1 is 1.29 bits per heavy atom. The van der Waals surface area contributed by atoms with E-state index in [1.54, 1.807) is 0 Å². The SMILES string of the molecule is O=C(Nc1ncc(C2CCNCC2)s1)c1ccc(OC(F)F)cc1. The van der Waals surface area contributed by atoms with Crippen molar-refractivity contribution in [3.05, 3.63) is 40.9 Å². The van der Waals surface area contributed by atoms with Crippen LogP contribution in [-0.2, 0) is 0 Å². The molecule has 1 aliphatic heterocycles. The predicted octanol–water partition coefficient (Wildman–Crippen LogP) is 3.46. The van der Waals surface area contributed by atoms with Crippen molar-refractivity contribution in [2.45, 2.75) is 25.4 Å². The minimum Gasteiger partial charge on any atom is -0.435 e. The molecule has 0 radical (unpaired) electrons. The molecule has 0 spiro atoms. The molecule has 24 heavy (non-hydrogen) atoms. The molecule has 1 aromatic carbocycles. The second kappa shape index (κ2) is 7.67. The lowest BCUT2D eigenvalue weighted by Crippen LogP contribution is -2.26. The lowest BCUT2D eigenvalue weighted by Gasteiger charge is -2.20. The van der Waals surface area contributed by atoms with Gasteiger partial charge in [-0.05, 0) is 56.1 Å². The molecule has 3 rings (SSSR count). The summed E-state index contributed by atoms with van der Waals surface area (Å²) in [5.41, 5.74) is 0.357. The molecule has 1 fully saturated rings. The van der Waals surface area contributed by atoms with Crippen LogP contribution in [0.5, 0.6) is 5.75 Å². The lowest BCUT2D eigenvalue weighted by molar-refractivity contribution is -0.0498. The maximum atomic E-state index is 12.2. The number of alkyl halides is 2. The summed E-state index contributed by atoms with van der Waals surface area (Å²) >= 11 is 1.48. The number of rotatable bonds is 5. The molecule has 1 saturated heterocycles. The third-order valence-corrected chi connectivity index (χ3v) is 4.90. The van der Waals surface area contributed by atoms with Crippen LogP contribution in [0.25, 0.3) is 0 Å². The maximum Gasteiger partial charge on any atom is 0.387 e. The predicted molar refractivity (Wildman–Crippen MR) is 88.0 cm³/mol. The molecule has 0 atom stereocenters. The average Bonchev–Trinajstić information content (AvgIpc) is 3.04. The molecule has 0 bridgehead atoms. The van der Waals surface area contributed by atoms with E-state index in [1.807, 2.05) is 6.20 Å². The van der Waals surface area contributed by atoms with E-state index in [0.29, 0.717) is 16.6 Å². The van der Waals surface area contributed by atoms with Gasteiger partial charge < -0.3 is 10.1 Å². The van der Waals surface area contributed by atoms with Crippen LogP contribution in [0.2, 0.25) is 0 Å². The van der Waals surface area contributed by atoms with Gasteiger partial charge in [0.1, 0.15) is 5.75 Å². The van der Waals surface area contributed by atoms with Crippen LogP contribution >= 0.6 is 11.3 Å². The first kappa shape index (κ1) is 16.8. The summed E-state index contributed by atoms with van der Waals surface area (Å²) in [4.78, 5) is 17.6. The Balaban J connectivity index is 1.61. The van der Waals surface area contributed by atoms with E-state index in [2.05, 4.69) is 20.4 Å². The summed E-state index contributed by atoms with van der Waals surface area (Å²) in [7, 11) is 0. The normalized spacial score (nSPS) is 15.5. The van der Waals surface area contributed by atoms with E-state index < -0.39 is 6.61 Å². The Bertz CT molecular complexity index is 685. The number of benzene rings is 1. The number of ether oxygens (including phenoxy) is 1. The number of thiazole rings is 1. The Labute approximate surface area is 142 Å². The molecule has 0 aliphatic carbocycles. The third kappa shape index (κ3) is 4.27. The van der Waals surface area contributed by atoms with E-state index in [-0.39, 0.29) is 11.7 Å². The summed E-state index contributed by atoms with van der Waals surface area (Å²) in [5.74, 6) is 0.175. The highest BCUT2D eigenvalue weighted by molar-refractivity contribution is 7.15. The van der Waals surface area contributed by atoms with E-state index in [1.165, 1.54) is 40.5 Å². The van der Waals surface area contributed by atoms with Crippen LogP contribution in [-0.4, -0.2) is 30.6 Å². The summed E-state index contributed by atoms with van der Waals surface area (Å²) < 4.78 is 28.5. The summed E-state index contributed by atoms with van der Waals surface area (Å²) in [5, 5.41) is 6.60. The Morgan fingerprint density at radius 2 is 2.00 bits per heavy atom. The highest BCUT2D eigenvalue weighted by atomic mass is 32.1. The van der Waals surface area contributed by atoms with Crippen LogP contribution < -0.4 is 15.4 Å². The number of carbonyl (C=O) groups excluding carboxylic acids is 1. The zero-order chi connectivity index (χ0) is 16.9. The highest BCUT2D eigenvalue weighted by Gasteiger charge is 2.18. The molecule has 1 amide bonds. The molecule has 8 heteroatoms. The van der Waals surface area contributed by atoms with Gasteiger partial charge in [-0.1, -0.05) is 0 Å². The van der Waals surface area contributed by atoms with Crippen molar-refractivity contribution in [2.24, 2.45) is 0 Å². The van der Waals surface area contributed by atoms with Crippen molar-refractivity contribution >= 4 is 22.4 Å². The second-order valence-electron chi connectivity index (χ2n) is 5.45. The number of anilines is 1. The van der Waals surface area contributed by atoms with Gasteiger partial charge in [0, 0.05) is 16.6 Å². The highest BCUT2D eigenvalue weighted by Crippen LogP contribution is 2.31. The van der Waals surface area contributed by atoms with Gasteiger partial charge in [0.2, 0.25) is 0 Å². The lowest BCUT2D eigenvalue weighted by atomic mass is 9.97. The molecular weight excluding hydrogens is 336 g/mol. The topological polar surface area (TPSA) is 63.2 Å². The summed E-state index contributed by atoms with van der Waals surface area (Å²) in [6, 6.07) is 5.55. The van der Waals surface area contributed by atoms with Gasteiger partial charge in [-0.3, -0.25) is 10.1 Å². The van der Waals surface area contributed by atoms with Crippen LogP contribution in [0.1, 0.15) is 34.0 Å². The minimum atomic E-state index is -2.88. The molecule has 2 N–H and O–H groups in total. The van der Waals surface area contributed by atoms with Crippen molar-refractivity contribution in [3.8, 4) is 5.75 Å². The fourth-order valence-electron chi connectivity index (χ4n) is 2.60. The molecule has 128 valence electrons. The van der Waals surface area contributed by atoms with Crippen molar-refractivity contribution in [2.75, 3.05) is 18.4 Å². The molecule has 1 aromatic heterocycles. The molecule has 0 unspecified atom stereocenters. The number of carbonyl (C=O) groups is 1. The van der Waals surface area contributed by atoms with Crippen molar-refractivity contribution in [1.29, 1.82) is 0 Å². The molecule has 1 aliphatic rings. The molecule has 5 nitrogen and oxygen atoms in total. The van der Waals surface area contributed by atoms with Gasteiger partial charge in [0.25, 0.3) is 5.91 Å². The number of hydrogen-bond acceptors (Lipinski definition) is 5. The van der Waals surface area contributed by atoms with Crippen LogP contribution in [0.3, 0.4) is 0 Å². The first-order valence-electron chi connectivity index (χ1n) is 7.64. The van der Waals surface area contributed by atoms with Gasteiger partial charge in [-0.2, -0.15) is 8.78 Å². The van der Waals surface area contributed by atoms with Crippen molar-refractivity contribution in [1.82, 2.24) is 10.3 Å². The smallest absolute Gasteiger partial charge is 0.387 e. The zero-order valence-corrected chi connectivity index (χ0v) is 13.6. The van der Waals surface area contributed by atoms with E-state index in [4.69, 9.17) is 0 Å². The van der Waals surface area contributed by atoms with Gasteiger partial charge in [0.15, 0.2) is 5.13 Å². The first-order chi connectivity index (χ1) is 11.6. The van der Waals surface area contributed by atoms with E-state index in [9.17, 15) is 13.6 Å². The molecular formula is C16H17F2N3O2S. The number of nitrogens with zero attached hydrogens (tertiary/aromatic N) is 1. The van der Waals surface area contributed by atoms with Crippen LogP contribution in [0.15, 0.2) is 30.5 Å². The fraction of sp³-hybridized carbons (Fsp3) is 0.375. The van der Waals surface area contributed by atoms with E-state index >= 15 is 0 Å². The Hall–Kier alpha value is -2.06. The minimum absolute atomic E-state index is 0.0176. The van der Waals surface area contributed by atoms with Gasteiger partial charge in [-0.15, -0.1) is 11.3 Å². The van der Waals surface area contributed by atoms with Gasteiger partial charge >= 0.3 is 6.61 Å². The molecule has 0 saturated carbocycles. The number of nitrogens with one attached hydrogen (secondary N) is 2. The quantitative estimate of drug-likeness (QED) is 0.864. The largest absolute Gasteiger partial charge is 0.435 e. The molecule has 2 aromatic rings. The summed E-state index contributed by atoms with van der Waals surface area (Å²) in [6.45, 7) is -0.886. The fourth-order valence-corrected chi connectivity index (χ4v) is 3.58. The first-order valence-corrected chi connectivity index (χ1v) is 8.46. The summed E-state index contributed by atoms with van der Waals surface area (Å²) in [6.07, 6.45) is 3.96. The standard InChI is InChI=1S/C16H17F2N3O2S/c17-15(18)23-12-3-1-11(2-4-12)14(22)21-16-20-9-13(24-16)10-5-7-19-8-6-10/h1-4,9-10,15,19H,5-8H2,(H,20,21,22). The van der Waals surface area contributed by atoms with Gasteiger partial charge in [-0.25, -0.2) is 4.98 Å². The average molecular weight is 353 g/mol. The van der Waals surface area contributed by atoms with Crippen molar-refractivity contribution < 1.29 is 18.3 Å². The van der Waals surface area contributed by atoms with Crippen molar-refractivity contribution in [3.63, 3.8) is 0 Å². The Kier molecular flexibility index (Phi) is 5.37. The third-order valence-electron chi connectivity index (χ3n) is 3.83. The number of aromatic nitrogens is 1. The number of hydrogen-bond donors (Lipinski definition) is 2. The Morgan fingerprint density at radius 3 is 2.67 bits per heavy atom.